The number of hydrazone groups is 1. The van der Waals surface area contributed by atoms with Crippen LogP contribution >= 0.6 is 0 Å². The number of phenols is 2. The van der Waals surface area contributed by atoms with Crippen molar-refractivity contribution in [3.05, 3.63) is 210 Å². The van der Waals surface area contributed by atoms with Gasteiger partial charge in [-0.25, -0.2) is 5.01 Å². The van der Waals surface area contributed by atoms with Gasteiger partial charge in [-0.1, -0.05) is 97.1 Å². The highest BCUT2D eigenvalue weighted by Gasteiger charge is 2.14. The summed E-state index contributed by atoms with van der Waals surface area (Å²) in [6.07, 6.45) is 5.55. The third-order valence-electron chi connectivity index (χ3n) is 9.14. The molecule has 0 atom stereocenters. The van der Waals surface area contributed by atoms with Crippen LogP contribution in [0.2, 0.25) is 0 Å². The third kappa shape index (κ3) is 8.76. The van der Waals surface area contributed by atoms with E-state index >= 15 is 0 Å². The zero-order valence-electron chi connectivity index (χ0n) is 29.0. The quantitative estimate of drug-likeness (QED) is 0.0941. The van der Waals surface area contributed by atoms with E-state index < -0.39 is 0 Å². The molecule has 0 bridgehead atoms. The van der Waals surface area contributed by atoms with Crippen molar-refractivity contribution in [1.82, 2.24) is 0 Å². The average Bonchev–Trinajstić information content (AvgIpc) is 3.20. The largest absolute Gasteiger partial charge is 0.508 e. The van der Waals surface area contributed by atoms with Gasteiger partial charge in [-0.05, 0) is 138 Å². The molecule has 0 spiro atoms. The standard InChI is InChI=1S/C47H41N3O2/c51-46-31-21-38(22-32-46)13-11-36-15-25-41(26-16-36)49(42-27-17-37(18-28-42)12-14-39-23-33-47(52)34-24-39)43-29-19-40(20-30-43)35-48-50(44-7-3-1-4-8-44)45-9-5-2-6-10-45/h1-10,15-35,51-52H,11-14H2/b48-35+. The number of hydrogen-bond acceptors (Lipinski definition) is 5. The van der Waals surface area contributed by atoms with Crippen molar-refractivity contribution in [2.45, 2.75) is 25.7 Å². The first-order valence-corrected chi connectivity index (χ1v) is 17.7. The highest BCUT2D eigenvalue weighted by atomic mass is 16.3. The summed E-state index contributed by atoms with van der Waals surface area (Å²) in [5, 5.41) is 26.1. The minimum atomic E-state index is 0.292. The van der Waals surface area contributed by atoms with E-state index in [2.05, 4.69) is 102 Å². The van der Waals surface area contributed by atoms with Crippen molar-refractivity contribution in [3.8, 4) is 11.5 Å². The van der Waals surface area contributed by atoms with Gasteiger partial charge in [-0.3, -0.25) is 0 Å². The number of aryl methyl sites for hydroxylation is 4. The molecule has 7 aromatic rings. The highest BCUT2D eigenvalue weighted by molar-refractivity contribution is 5.84. The monoisotopic (exact) mass is 679 g/mol. The molecule has 0 amide bonds. The van der Waals surface area contributed by atoms with Gasteiger partial charge in [0.25, 0.3) is 0 Å². The fourth-order valence-corrected chi connectivity index (χ4v) is 6.23. The molecule has 0 fully saturated rings. The lowest BCUT2D eigenvalue weighted by Crippen LogP contribution is -2.11. The van der Waals surface area contributed by atoms with Gasteiger partial charge in [-0.2, -0.15) is 5.10 Å². The van der Waals surface area contributed by atoms with E-state index in [9.17, 15) is 10.2 Å². The van der Waals surface area contributed by atoms with E-state index in [0.29, 0.717) is 11.5 Å². The molecule has 0 unspecified atom stereocenters. The summed E-state index contributed by atoms with van der Waals surface area (Å²) in [6, 6.07) is 61.4. The summed E-state index contributed by atoms with van der Waals surface area (Å²) < 4.78 is 0. The summed E-state index contributed by atoms with van der Waals surface area (Å²) >= 11 is 0. The maximum Gasteiger partial charge on any atom is 0.115 e. The fourth-order valence-electron chi connectivity index (χ4n) is 6.23. The van der Waals surface area contributed by atoms with Crippen molar-refractivity contribution in [3.63, 3.8) is 0 Å². The smallest absolute Gasteiger partial charge is 0.115 e. The molecule has 52 heavy (non-hydrogen) atoms. The first-order valence-electron chi connectivity index (χ1n) is 17.7. The summed E-state index contributed by atoms with van der Waals surface area (Å²) in [4.78, 5) is 2.29. The maximum atomic E-state index is 9.64. The Balaban J connectivity index is 1.13. The van der Waals surface area contributed by atoms with E-state index in [0.717, 1.165) is 59.7 Å². The lowest BCUT2D eigenvalue weighted by atomic mass is 10.0. The van der Waals surface area contributed by atoms with Gasteiger partial charge in [-0.15, -0.1) is 0 Å². The Morgan fingerprint density at radius 3 is 1.06 bits per heavy atom. The van der Waals surface area contributed by atoms with Gasteiger partial charge >= 0.3 is 0 Å². The van der Waals surface area contributed by atoms with Crippen LogP contribution in [-0.4, -0.2) is 16.4 Å². The number of anilines is 5. The molecule has 0 radical (unpaired) electrons. The molecule has 0 aromatic heterocycles. The van der Waals surface area contributed by atoms with Gasteiger partial charge in [0.2, 0.25) is 0 Å². The molecular formula is C47H41N3O2. The summed E-state index contributed by atoms with van der Waals surface area (Å²) in [5.41, 5.74) is 11.1. The second-order valence-electron chi connectivity index (χ2n) is 12.8. The van der Waals surface area contributed by atoms with Crippen LogP contribution in [0.4, 0.5) is 28.4 Å². The summed E-state index contributed by atoms with van der Waals surface area (Å²) in [6.45, 7) is 0. The van der Waals surface area contributed by atoms with Gasteiger partial charge < -0.3 is 15.1 Å². The number of rotatable bonds is 13. The first kappa shape index (κ1) is 33.9. The Kier molecular flexibility index (Phi) is 10.7. The molecule has 5 heteroatoms. The fraction of sp³-hybridized carbons (Fsp3) is 0.0851. The minimum absolute atomic E-state index is 0.292. The number of phenolic OH excluding ortho intramolecular Hbond substituents is 2. The Labute approximate surface area is 306 Å². The lowest BCUT2D eigenvalue weighted by molar-refractivity contribution is 0.474. The maximum absolute atomic E-state index is 9.64. The van der Waals surface area contributed by atoms with Crippen LogP contribution in [0.15, 0.2) is 187 Å². The van der Waals surface area contributed by atoms with E-state index in [4.69, 9.17) is 5.10 Å². The van der Waals surface area contributed by atoms with Gasteiger partial charge in [0.15, 0.2) is 0 Å². The van der Waals surface area contributed by atoms with E-state index in [-0.39, 0.29) is 0 Å². The first-order chi connectivity index (χ1) is 25.6. The third-order valence-corrected chi connectivity index (χ3v) is 9.14. The Morgan fingerprint density at radius 1 is 0.365 bits per heavy atom. The van der Waals surface area contributed by atoms with Gasteiger partial charge in [0.1, 0.15) is 11.5 Å². The van der Waals surface area contributed by atoms with Gasteiger partial charge in [0.05, 0.1) is 17.6 Å². The van der Waals surface area contributed by atoms with Crippen LogP contribution in [0.3, 0.4) is 0 Å². The molecule has 2 N–H and O–H groups in total. The molecule has 7 aromatic carbocycles. The van der Waals surface area contributed by atoms with Crippen LogP contribution < -0.4 is 9.91 Å². The highest BCUT2D eigenvalue weighted by Crippen LogP contribution is 2.35. The second-order valence-corrected chi connectivity index (χ2v) is 12.8. The Bertz CT molecular complexity index is 2030. The molecular weight excluding hydrogens is 639 g/mol. The number of benzene rings is 7. The molecule has 0 aliphatic rings. The van der Waals surface area contributed by atoms with Crippen molar-refractivity contribution in [2.75, 3.05) is 9.91 Å². The molecule has 7 rings (SSSR count). The lowest BCUT2D eigenvalue weighted by Gasteiger charge is -2.26. The normalized spacial score (nSPS) is 11.1. The molecule has 256 valence electrons. The van der Waals surface area contributed by atoms with Gasteiger partial charge in [0, 0.05) is 17.1 Å². The van der Waals surface area contributed by atoms with Crippen molar-refractivity contribution >= 4 is 34.7 Å². The van der Waals surface area contributed by atoms with E-state index in [1.54, 1.807) is 24.3 Å². The molecule has 0 aliphatic carbocycles. The van der Waals surface area contributed by atoms with Crippen LogP contribution in [-0.2, 0) is 25.7 Å². The minimum Gasteiger partial charge on any atom is -0.508 e. The molecule has 0 heterocycles. The number of aromatic hydroxyl groups is 2. The van der Waals surface area contributed by atoms with Crippen LogP contribution in [0.1, 0.15) is 27.8 Å². The molecule has 0 saturated carbocycles. The Hall–Kier alpha value is -6.59. The zero-order chi connectivity index (χ0) is 35.5. The van der Waals surface area contributed by atoms with Crippen LogP contribution in [0, 0.1) is 0 Å². The summed E-state index contributed by atoms with van der Waals surface area (Å²) in [7, 11) is 0. The molecule has 0 aliphatic heterocycles. The van der Waals surface area contributed by atoms with Crippen molar-refractivity contribution in [2.24, 2.45) is 5.10 Å². The predicted octanol–water partition coefficient (Wildman–Crippen LogP) is 11.3. The van der Waals surface area contributed by atoms with Crippen LogP contribution in [0.5, 0.6) is 11.5 Å². The molecule has 0 saturated heterocycles. The van der Waals surface area contributed by atoms with E-state index in [1.807, 2.05) is 71.9 Å². The topological polar surface area (TPSA) is 59.3 Å². The number of para-hydroxylation sites is 2. The van der Waals surface area contributed by atoms with Crippen molar-refractivity contribution < 1.29 is 10.2 Å². The number of nitrogens with zero attached hydrogens (tertiary/aromatic N) is 3. The number of hydrogen-bond donors (Lipinski definition) is 2. The molecule has 5 nitrogen and oxygen atoms in total. The van der Waals surface area contributed by atoms with E-state index in [1.165, 1.54) is 22.3 Å². The average molecular weight is 680 g/mol. The summed E-state index contributed by atoms with van der Waals surface area (Å²) in [5.74, 6) is 0.584. The SMILES string of the molecule is Oc1ccc(CCc2ccc(N(c3ccc(/C=N/N(c4ccccc4)c4ccccc4)cc3)c3ccc(CCc4ccc(O)cc4)cc3)cc2)cc1. The van der Waals surface area contributed by atoms with Crippen LogP contribution in [0.25, 0.3) is 0 Å². The zero-order valence-corrected chi connectivity index (χ0v) is 29.0. The van der Waals surface area contributed by atoms with Crippen molar-refractivity contribution in [1.29, 1.82) is 0 Å². The predicted molar refractivity (Wildman–Crippen MR) is 215 cm³/mol. The second kappa shape index (κ2) is 16.4. The Morgan fingerprint density at radius 2 is 0.692 bits per heavy atom.